The molecule has 0 aliphatic heterocycles. The number of fused-ring (bicyclic) bond motifs is 1. The van der Waals surface area contributed by atoms with E-state index in [4.69, 9.17) is 11.6 Å². The lowest BCUT2D eigenvalue weighted by atomic mass is 9.96. The molecule has 0 saturated heterocycles. The third-order valence-corrected chi connectivity index (χ3v) is 5.13. The summed E-state index contributed by atoms with van der Waals surface area (Å²) in [6, 6.07) is 1.20. The SMILES string of the molecule is CCCC[C@H](C)CC(=O)[C@H](C)Nc1nc(-c2c[nH]c3ncc(Cl)cc23)ncc1F. The molecule has 0 aliphatic carbocycles. The van der Waals surface area contributed by atoms with Crippen molar-refractivity contribution in [3.05, 3.63) is 35.5 Å². The number of aromatic amines is 1. The molecule has 0 bridgehead atoms. The Morgan fingerprint density at radius 3 is 2.86 bits per heavy atom. The van der Waals surface area contributed by atoms with Gasteiger partial charge in [0.1, 0.15) is 5.65 Å². The van der Waals surface area contributed by atoms with Crippen LogP contribution in [0, 0.1) is 11.7 Å². The number of Topliss-reactive ketones (excluding diaryl/α,β-unsaturated/α-hetero) is 1. The molecule has 0 spiro atoms. The summed E-state index contributed by atoms with van der Waals surface area (Å²) < 4.78 is 14.3. The van der Waals surface area contributed by atoms with Crippen LogP contribution in [0.5, 0.6) is 0 Å². The van der Waals surface area contributed by atoms with Gasteiger partial charge in [-0.1, -0.05) is 44.7 Å². The molecule has 3 rings (SSSR count). The van der Waals surface area contributed by atoms with E-state index < -0.39 is 11.9 Å². The minimum Gasteiger partial charge on any atom is -0.358 e. The second kappa shape index (κ2) is 9.31. The van der Waals surface area contributed by atoms with Gasteiger partial charge in [0.2, 0.25) is 0 Å². The molecule has 8 heteroatoms. The highest BCUT2D eigenvalue weighted by Gasteiger charge is 2.19. The first kappa shape index (κ1) is 21.2. The minimum absolute atomic E-state index is 0.00129. The van der Waals surface area contributed by atoms with E-state index in [2.05, 4.69) is 39.1 Å². The summed E-state index contributed by atoms with van der Waals surface area (Å²) >= 11 is 6.04. The van der Waals surface area contributed by atoms with E-state index in [-0.39, 0.29) is 11.6 Å². The summed E-state index contributed by atoms with van der Waals surface area (Å²) in [6.45, 7) is 5.93. The lowest BCUT2D eigenvalue weighted by Crippen LogP contribution is -2.28. The number of hydrogen-bond acceptors (Lipinski definition) is 5. The van der Waals surface area contributed by atoms with Crippen LogP contribution in [0.4, 0.5) is 10.2 Å². The Hall–Kier alpha value is -2.54. The molecule has 2 atom stereocenters. The van der Waals surface area contributed by atoms with Gasteiger partial charge in [-0.05, 0) is 18.9 Å². The lowest BCUT2D eigenvalue weighted by Gasteiger charge is -2.17. The molecular weight excluding hydrogens is 393 g/mol. The lowest BCUT2D eigenvalue weighted by molar-refractivity contribution is -0.120. The Bertz CT molecular complexity index is 1010. The van der Waals surface area contributed by atoms with E-state index in [9.17, 15) is 9.18 Å². The number of nitrogens with one attached hydrogen (secondary N) is 2. The molecule has 3 heterocycles. The number of carbonyl (C=O) groups excluding carboxylic acids is 1. The first-order valence-corrected chi connectivity index (χ1v) is 10.2. The predicted octanol–water partition coefficient (Wildman–Crippen LogP) is 5.40. The summed E-state index contributed by atoms with van der Waals surface area (Å²) in [7, 11) is 0. The minimum atomic E-state index is -0.608. The molecule has 154 valence electrons. The maximum Gasteiger partial charge on any atom is 0.183 e. The van der Waals surface area contributed by atoms with Crippen LogP contribution in [-0.4, -0.2) is 31.8 Å². The van der Waals surface area contributed by atoms with E-state index in [0.717, 1.165) is 30.8 Å². The summed E-state index contributed by atoms with van der Waals surface area (Å²) in [5.41, 5.74) is 1.29. The zero-order valence-corrected chi connectivity index (χ0v) is 17.6. The normalized spacial score (nSPS) is 13.4. The van der Waals surface area contributed by atoms with Crippen molar-refractivity contribution in [3.63, 3.8) is 0 Å². The van der Waals surface area contributed by atoms with Crippen molar-refractivity contribution in [2.24, 2.45) is 5.92 Å². The van der Waals surface area contributed by atoms with Crippen molar-refractivity contribution in [2.45, 2.75) is 52.5 Å². The van der Waals surface area contributed by atoms with E-state index in [1.165, 1.54) is 6.20 Å². The van der Waals surface area contributed by atoms with Crippen molar-refractivity contribution in [2.75, 3.05) is 5.32 Å². The Morgan fingerprint density at radius 2 is 2.10 bits per heavy atom. The molecule has 6 nitrogen and oxygen atoms in total. The van der Waals surface area contributed by atoms with Crippen molar-refractivity contribution in [3.8, 4) is 11.4 Å². The number of anilines is 1. The number of rotatable bonds is 9. The molecule has 0 radical (unpaired) electrons. The highest BCUT2D eigenvalue weighted by atomic mass is 35.5. The van der Waals surface area contributed by atoms with Gasteiger partial charge < -0.3 is 10.3 Å². The molecule has 0 fully saturated rings. The van der Waals surface area contributed by atoms with Crippen LogP contribution in [0.15, 0.2) is 24.7 Å². The number of carbonyl (C=O) groups is 1. The van der Waals surface area contributed by atoms with Crippen LogP contribution in [0.2, 0.25) is 5.02 Å². The number of nitrogens with zero attached hydrogens (tertiary/aromatic N) is 3. The number of halogens is 2. The number of unbranched alkanes of at least 4 members (excludes halogenated alkanes) is 1. The molecule has 2 N–H and O–H groups in total. The van der Waals surface area contributed by atoms with Crippen LogP contribution in [0.3, 0.4) is 0 Å². The highest BCUT2D eigenvalue weighted by molar-refractivity contribution is 6.31. The van der Waals surface area contributed by atoms with Crippen LogP contribution in [0.25, 0.3) is 22.4 Å². The van der Waals surface area contributed by atoms with Crippen LogP contribution in [0.1, 0.15) is 46.5 Å². The van der Waals surface area contributed by atoms with Crippen molar-refractivity contribution >= 4 is 34.2 Å². The average molecular weight is 418 g/mol. The van der Waals surface area contributed by atoms with Gasteiger partial charge in [-0.2, -0.15) is 0 Å². The number of pyridine rings is 1. The third kappa shape index (κ3) is 5.09. The summed E-state index contributed by atoms with van der Waals surface area (Å²) in [6.07, 6.45) is 8.02. The Kier molecular flexibility index (Phi) is 6.79. The topological polar surface area (TPSA) is 83.6 Å². The van der Waals surface area contributed by atoms with Gasteiger partial charge in [-0.25, -0.2) is 19.3 Å². The van der Waals surface area contributed by atoms with E-state index in [1.807, 2.05) is 0 Å². The first-order valence-electron chi connectivity index (χ1n) is 9.83. The maximum atomic E-state index is 14.3. The number of H-pyrrole nitrogens is 1. The maximum absolute atomic E-state index is 14.3. The molecular formula is C21H25ClFN5O. The molecule has 0 unspecified atom stereocenters. The van der Waals surface area contributed by atoms with Crippen LogP contribution >= 0.6 is 11.6 Å². The monoisotopic (exact) mass is 417 g/mol. The van der Waals surface area contributed by atoms with E-state index in [0.29, 0.717) is 34.4 Å². The Morgan fingerprint density at radius 1 is 1.31 bits per heavy atom. The van der Waals surface area contributed by atoms with Gasteiger partial charge in [-0.3, -0.25) is 4.79 Å². The molecule has 0 saturated carbocycles. The zero-order valence-electron chi connectivity index (χ0n) is 16.8. The molecule has 3 aromatic rings. The second-order valence-corrected chi connectivity index (χ2v) is 7.86. The average Bonchev–Trinajstić information content (AvgIpc) is 3.11. The van der Waals surface area contributed by atoms with Gasteiger partial charge in [0.15, 0.2) is 23.2 Å². The quantitative estimate of drug-likeness (QED) is 0.487. The fourth-order valence-corrected chi connectivity index (χ4v) is 3.38. The zero-order chi connectivity index (χ0) is 21.0. The van der Waals surface area contributed by atoms with Crippen LogP contribution < -0.4 is 5.32 Å². The molecule has 0 amide bonds. The summed E-state index contributed by atoms with van der Waals surface area (Å²) in [4.78, 5) is 28.1. The van der Waals surface area contributed by atoms with Crippen LogP contribution in [-0.2, 0) is 4.79 Å². The van der Waals surface area contributed by atoms with Gasteiger partial charge in [0.05, 0.1) is 17.3 Å². The number of ketones is 1. The Balaban J connectivity index is 1.78. The summed E-state index contributed by atoms with van der Waals surface area (Å²) in [5, 5.41) is 4.13. The fourth-order valence-electron chi connectivity index (χ4n) is 3.22. The molecule has 0 aromatic carbocycles. The predicted molar refractivity (Wildman–Crippen MR) is 113 cm³/mol. The molecule has 29 heavy (non-hydrogen) atoms. The molecule has 3 aromatic heterocycles. The highest BCUT2D eigenvalue weighted by Crippen LogP contribution is 2.28. The van der Waals surface area contributed by atoms with Gasteiger partial charge in [0.25, 0.3) is 0 Å². The van der Waals surface area contributed by atoms with Crippen molar-refractivity contribution in [1.29, 1.82) is 0 Å². The van der Waals surface area contributed by atoms with Crippen molar-refractivity contribution in [1.82, 2.24) is 19.9 Å². The van der Waals surface area contributed by atoms with E-state index in [1.54, 1.807) is 19.2 Å². The van der Waals surface area contributed by atoms with Gasteiger partial charge in [0, 0.05) is 29.8 Å². The third-order valence-electron chi connectivity index (χ3n) is 4.92. The van der Waals surface area contributed by atoms with Crippen molar-refractivity contribution < 1.29 is 9.18 Å². The largest absolute Gasteiger partial charge is 0.358 e. The Labute approximate surface area is 174 Å². The van der Waals surface area contributed by atoms with Gasteiger partial charge in [-0.15, -0.1) is 0 Å². The van der Waals surface area contributed by atoms with E-state index >= 15 is 0 Å². The second-order valence-electron chi connectivity index (χ2n) is 7.43. The fraction of sp³-hybridized carbons (Fsp3) is 0.429. The molecule has 0 aliphatic rings. The smallest absolute Gasteiger partial charge is 0.183 e. The number of aromatic nitrogens is 4. The van der Waals surface area contributed by atoms with Gasteiger partial charge >= 0.3 is 0 Å². The summed E-state index contributed by atoms with van der Waals surface area (Å²) in [5.74, 6) is 0.0576. The standard InChI is InChI=1S/C21H25ClFN5O/c1-4-5-6-12(2)7-18(29)13(3)27-21-17(23)11-26-20(28-21)16-10-25-19-15(16)8-14(22)9-24-19/h8-13H,4-7H2,1-3H3,(H,24,25)(H,26,27,28)/t12-,13-/m0/s1. The first-order chi connectivity index (χ1) is 13.9. The number of hydrogen-bond donors (Lipinski definition) is 2.